The van der Waals surface area contributed by atoms with E-state index in [2.05, 4.69) is 4.90 Å². The van der Waals surface area contributed by atoms with E-state index < -0.39 is 0 Å². The number of nitriles is 2. The maximum atomic E-state index is 12.7. The van der Waals surface area contributed by atoms with Crippen LogP contribution in [0.4, 0.5) is 5.69 Å². The molecule has 2 aliphatic heterocycles. The fourth-order valence-corrected chi connectivity index (χ4v) is 2.74. The molecule has 0 radical (unpaired) electrons. The molecule has 6 heteroatoms. The standard InChI is InChI=1S/C16H14N4O2/c17-9-12(10-18)15-13-3-1-2-4-14(13)20(16(15)21)11-19-5-7-22-8-6-19/h1-4H,5-8,11H2. The molecular formula is C16H14N4O2. The van der Waals surface area contributed by atoms with Crippen molar-refractivity contribution in [1.29, 1.82) is 10.5 Å². The number of anilines is 1. The Morgan fingerprint density at radius 1 is 1.18 bits per heavy atom. The first-order valence-corrected chi connectivity index (χ1v) is 7.02. The molecule has 1 fully saturated rings. The third kappa shape index (κ3) is 2.35. The lowest BCUT2D eigenvalue weighted by molar-refractivity contribution is -0.113. The van der Waals surface area contributed by atoms with E-state index in [0.717, 1.165) is 18.8 Å². The Bertz CT molecular complexity index is 704. The Labute approximate surface area is 128 Å². The van der Waals surface area contributed by atoms with Crippen molar-refractivity contribution in [3.63, 3.8) is 0 Å². The molecule has 0 aliphatic carbocycles. The predicted molar refractivity (Wildman–Crippen MR) is 79.3 cm³/mol. The molecule has 0 unspecified atom stereocenters. The van der Waals surface area contributed by atoms with Crippen molar-refractivity contribution in [1.82, 2.24) is 4.90 Å². The van der Waals surface area contributed by atoms with Gasteiger partial charge in [-0.2, -0.15) is 10.5 Å². The van der Waals surface area contributed by atoms with Crippen LogP contribution in [0, 0.1) is 22.7 Å². The Kier molecular flexibility index (Phi) is 3.88. The van der Waals surface area contributed by atoms with Gasteiger partial charge in [0, 0.05) is 18.7 Å². The number of para-hydroxylation sites is 1. The predicted octanol–water partition coefficient (Wildman–Crippen LogP) is 1.12. The zero-order valence-corrected chi connectivity index (χ0v) is 12.0. The monoisotopic (exact) mass is 294 g/mol. The highest BCUT2D eigenvalue weighted by molar-refractivity contribution is 6.34. The number of carbonyl (C=O) groups excluding carboxylic acids is 1. The van der Waals surface area contributed by atoms with Gasteiger partial charge in [0.1, 0.15) is 17.7 Å². The van der Waals surface area contributed by atoms with Crippen LogP contribution in [0.15, 0.2) is 29.8 Å². The zero-order valence-electron chi connectivity index (χ0n) is 12.0. The average Bonchev–Trinajstić information content (AvgIpc) is 2.83. The van der Waals surface area contributed by atoms with Gasteiger partial charge in [0.05, 0.1) is 31.1 Å². The van der Waals surface area contributed by atoms with Gasteiger partial charge in [0.15, 0.2) is 0 Å². The number of allylic oxidation sites excluding steroid dienone is 1. The third-order valence-corrected chi connectivity index (χ3v) is 3.84. The van der Waals surface area contributed by atoms with Crippen molar-refractivity contribution in [2.45, 2.75) is 0 Å². The maximum Gasteiger partial charge on any atom is 0.262 e. The second-order valence-corrected chi connectivity index (χ2v) is 5.10. The number of hydrogen-bond donors (Lipinski definition) is 0. The van der Waals surface area contributed by atoms with Crippen LogP contribution in [-0.4, -0.2) is 43.8 Å². The molecule has 1 amide bonds. The van der Waals surface area contributed by atoms with Crippen molar-refractivity contribution in [2.75, 3.05) is 37.9 Å². The quantitative estimate of drug-likeness (QED) is 0.603. The fraction of sp³-hybridized carbons (Fsp3) is 0.312. The summed E-state index contributed by atoms with van der Waals surface area (Å²) in [5.41, 5.74) is 1.46. The van der Waals surface area contributed by atoms with Crippen LogP contribution in [0.1, 0.15) is 5.56 Å². The SMILES string of the molecule is N#CC(C#N)=C1C(=O)N(CN2CCOCC2)c2ccccc21. The zero-order chi connectivity index (χ0) is 15.5. The number of morpholine rings is 1. The molecular weight excluding hydrogens is 280 g/mol. The maximum absolute atomic E-state index is 12.7. The second-order valence-electron chi connectivity index (χ2n) is 5.10. The molecule has 0 spiro atoms. The van der Waals surface area contributed by atoms with Gasteiger partial charge in [-0.3, -0.25) is 14.6 Å². The minimum Gasteiger partial charge on any atom is -0.379 e. The first-order valence-electron chi connectivity index (χ1n) is 7.02. The molecule has 2 heterocycles. The Morgan fingerprint density at radius 3 is 2.55 bits per heavy atom. The summed E-state index contributed by atoms with van der Waals surface area (Å²) >= 11 is 0. The van der Waals surface area contributed by atoms with Crippen LogP contribution < -0.4 is 4.90 Å². The van der Waals surface area contributed by atoms with Crippen LogP contribution in [0.2, 0.25) is 0 Å². The molecule has 1 saturated heterocycles. The Balaban J connectivity index is 1.99. The molecule has 22 heavy (non-hydrogen) atoms. The van der Waals surface area contributed by atoms with E-state index in [9.17, 15) is 4.79 Å². The number of ether oxygens (including phenoxy) is 1. The summed E-state index contributed by atoms with van der Waals surface area (Å²) in [5.74, 6) is -0.286. The highest BCUT2D eigenvalue weighted by Crippen LogP contribution is 2.38. The van der Waals surface area contributed by atoms with Gasteiger partial charge in [-0.05, 0) is 6.07 Å². The van der Waals surface area contributed by atoms with Gasteiger partial charge in [0.25, 0.3) is 5.91 Å². The molecule has 1 aromatic rings. The van der Waals surface area contributed by atoms with Gasteiger partial charge in [-0.1, -0.05) is 18.2 Å². The van der Waals surface area contributed by atoms with Crippen LogP contribution in [0.25, 0.3) is 5.57 Å². The summed E-state index contributed by atoms with van der Waals surface area (Å²) in [6.07, 6.45) is 0. The summed E-state index contributed by atoms with van der Waals surface area (Å²) in [6.45, 7) is 3.25. The van der Waals surface area contributed by atoms with E-state index in [1.54, 1.807) is 17.0 Å². The van der Waals surface area contributed by atoms with Crippen LogP contribution in [0.5, 0.6) is 0 Å². The lowest BCUT2D eigenvalue weighted by Gasteiger charge is -2.30. The van der Waals surface area contributed by atoms with Crippen LogP contribution in [0.3, 0.4) is 0 Å². The van der Waals surface area contributed by atoms with E-state index >= 15 is 0 Å². The Morgan fingerprint density at radius 2 is 1.86 bits per heavy atom. The van der Waals surface area contributed by atoms with Crippen molar-refractivity contribution in [2.24, 2.45) is 0 Å². The molecule has 110 valence electrons. The molecule has 0 saturated carbocycles. The highest BCUT2D eigenvalue weighted by atomic mass is 16.5. The molecule has 0 atom stereocenters. The van der Waals surface area contributed by atoms with Crippen molar-refractivity contribution in [3.8, 4) is 12.1 Å². The molecule has 3 rings (SSSR count). The number of fused-ring (bicyclic) bond motifs is 1. The molecule has 0 bridgehead atoms. The molecule has 6 nitrogen and oxygen atoms in total. The highest BCUT2D eigenvalue weighted by Gasteiger charge is 2.35. The topological polar surface area (TPSA) is 80.4 Å². The first kappa shape index (κ1) is 14.3. The molecule has 1 aromatic carbocycles. The largest absolute Gasteiger partial charge is 0.379 e. The smallest absolute Gasteiger partial charge is 0.262 e. The van der Waals surface area contributed by atoms with E-state index in [1.807, 2.05) is 24.3 Å². The van der Waals surface area contributed by atoms with Gasteiger partial charge in [-0.15, -0.1) is 0 Å². The van der Waals surface area contributed by atoms with Crippen LogP contribution >= 0.6 is 0 Å². The van der Waals surface area contributed by atoms with Crippen molar-refractivity contribution < 1.29 is 9.53 Å². The number of hydrogen-bond acceptors (Lipinski definition) is 5. The normalized spacial score (nSPS) is 17.8. The van der Waals surface area contributed by atoms with Gasteiger partial charge in [0.2, 0.25) is 0 Å². The summed E-state index contributed by atoms with van der Waals surface area (Å²) in [7, 11) is 0. The fourth-order valence-electron chi connectivity index (χ4n) is 2.74. The summed E-state index contributed by atoms with van der Waals surface area (Å²) in [5, 5.41) is 18.2. The van der Waals surface area contributed by atoms with Crippen LogP contribution in [-0.2, 0) is 9.53 Å². The first-order chi connectivity index (χ1) is 10.8. The van der Waals surface area contributed by atoms with Crippen molar-refractivity contribution in [3.05, 3.63) is 35.4 Å². The number of rotatable bonds is 2. The average molecular weight is 294 g/mol. The third-order valence-electron chi connectivity index (χ3n) is 3.84. The summed E-state index contributed by atoms with van der Waals surface area (Å²) in [6, 6.07) is 10.9. The number of amides is 1. The van der Waals surface area contributed by atoms with Gasteiger partial charge >= 0.3 is 0 Å². The summed E-state index contributed by atoms with van der Waals surface area (Å²) < 4.78 is 5.31. The summed E-state index contributed by atoms with van der Waals surface area (Å²) in [4.78, 5) is 16.5. The minimum atomic E-state index is -0.286. The second kappa shape index (κ2) is 5.98. The van der Waals surface area contributed by atoms with E-state index in [4.69, 9.17) is 15.3 Å². The number of nitrogens with zero attached hydrogens (tertiary/aromatic N) is 4. The number of carbonyl (C=O) groups is 1. The molecule has 0 N–H and O–H groups in total. The Hall–Kier alpha value is -2.67. The number of benzene rings is 1. The van der Waals surface area contributed by atoms with Gasteiger partial charge < -0.3 is 4.74 Å². The minimum absolute atomic E-state index is 0.137. The molecule has 0 aromatic heterocycles. The van der Waals surface area contributed by atoms with E-state index in [-0.39, 0.29) is 17.1 Å². The lowest BCUT2D eigenvalue weighted by Crippen LogP contribution is -2.45. The van der Waals surface area contributed by atoms with Crippen molar-refractivity contribution >= 4 is 17.2 Å². The van der Waals surface area contributed by atoms with E-state index in [1.165, 1.54) is 0 Å². The lowest BCUT2D eigenvalue weighted by atomic mass is 10.0. The molecule has 2 aliphatic rings. The van der Waals surface area contributed by atoms with E-state index in [0.29, 0.717) is 25.4 Å². The van der Waals surface area contributed by atoms with Gasteiger partial charge in [-0.25, -0.2) is 0 Å².